The zero-order chi connectivity index (χ0) is 22.5. The van der Waals surface area contributed by atoms with Crippen LogP contribution in [0.2, 0.25) is 5.02 Å². The molecular formula is C20H26ClF3N6O. The third-order valence-electron chi connectivity index (χ3n) is 5.75. The van der Waals surface area contributed by atoms with E-state index in [4.69, 9.17) is 22.1 Å². The molecule has 0 radical (unpaired) electrons. The van der Waals surface area contributed by atoms with Crippen LogP contribution in [-0.2, 0) is 4.74 Å². The lowest BCUT2D eigenvalue weighted by Gasteiger charge is -2.35. The third-order valence-corrected chi connectivity index (χ3v) is 6.13. The largest absolute Gasteiger partial charge is 0.378 e. The summed E-state index contributed by atoms with van der Waals surface area (Å²) < 4.78 is 44.2. The molecule has 11 heteroatoms. The van der Waals surface area contributed by atoms with Crippen LogP contribution in [0, 0.1) is 11.3 Å². The Balaban J connectivity index is 0.000000330. The lowest BCUT2D eigenvalue weighted by Crippen LogP contribution is -2.43. The summed E-state index contributed by atoms with van der Waals surface area (Å²) in [5, 5.41) is 14.0. The van der Waals surface area contributed by atoms with Crippen LogP contribution in [0.15, 0.2) is 6.20 Å². The van der Waals surface area contributed by atoms with Gasteiger partial charge < -0.3 is 10.5 Å². The van der Waals surface area contributed by atoms with Crippen molar-refractivity contribution < 1.29 is 17.9 Å². The normalized spacial score (nSPS) is 21.5. The van der Waals surface area contributed by atoms with E-state index in [1.807, 2.05) is 0 Å². The van der Waals surface area contributed by atoms with E-state index in [1.54, 1.807) is 9.42 Å². The molecule has 2 N–H and O–H groups in total. The van der Waals surface area contributed by atoms with Crippen molar-refractivity contribution in [2.45, 2.75) is 57.2 Å². The number of hydrogen-bond donors (Lipinski definition) is 1. The number of piperidine rings is 1. The van der Waals surface area contributed by atoms with Gasteiger partial charge >= 0.3 is 0 Å². The minimum Gasteiger partial charge on any atom is -0.378 e. The van der Waals surface area contributed by atoms with Crippen molar-refractivity contribution in [1.82, 2.24) is 19.5 Å². The maximum Gasteiger partial charge on any atom is 0.253 e. The molecule has 0 aliphatic carbocycles. The Hall–Kier alpha value is -2.09. The van der Waals surface area contributed by atoms with Gasteiger partial charge in [-0.2, -0.15) is 5.26 Å². The van der Waals surface area contributed by atoms with Crippen LogP contribution in [0.1, 0.15) is 49.8 Å². The number of anilines is 1. The number of fused-ring (bicyclic) bond motifs is 1. The van der Waals surface area contributed by atoms with E-state index >= 15 is 0 Å². The topological polar surface area (TPSA) is 92.5 Å². The molecule has 0 spiro atoms. The van der Waals surface area contributed by atoms with Gasteiger partial charge in [-0.3, -0.25) is 4.90 Å². The van der Waals surface area contributed by atoms with Gasteiger partial charge in [0.25, 0.3) is 6.43 Å². The molecule has 4 heterocycles. The summed E-state index contributed by atoms with van der Waals surface area (Å²) in [6.45, 7) is 3.67. The van der Waals surface area contributed by atoms with Gasteiger partial charge in [0.2, 0.25) is 5.95 Å². The van der Waals surface area contributed by atoms with Gasteiger partial charge in [-0.15, -0.1) is 5.10 Å². The Bertz CT molecular complexity index is 920. The fourth-order valence-corrected chi connectivity index (χ4v) is 4.24. The van der Waals surface area contributed by atoms with Crippen molar-refractivity contribution in [3.8, 4) is 6.07 Å². The van der Waals surface area contributed by atoms with Crippen molar-refractivity contribution in [2.75, 3.05) is 32.0 Å². The molecule has 2 fully saturated rings. The smallest absolute Gasteiger partial charge is 0.253 e. The molecule has 0 saturated carbocycles. The summed E-state index contributed by atoms with van der Waals surface area (Å²) in [5.41, 5.74) is 7.24. The molecule has 0 bridgehead atoms. The predicted octanol–water partition coefficient (Wildman–Crippen LogP) is 3.80. The fourth-order valence-electron chi connectivity index (χ4n) is 3.97. The van der Waals surface area contributed by atoms with E-state index in [1.165, 1.54) is 13.1 Å². The molecule has 4 rings (SSSR count). The molecule has 170 valence electrons. The average Bonchev–Trinajstić information content (AvgIpc) is 3.05. The summed E-state index contributed by atoms with van der Waals surface area (Å²) in [6, 6.07) is 1.36. The molecule has 2 aliphatic rings. The second-order valence-corrected chi connectivity index (χ2v) is 8.18. The van der Waals surface area contributed by atoms with Gasteiger partial charge in [0.15, 0.2) is 0 Å². The zero-order valence-electron chi connectivity index (χ0n) is 17.3. The molecule has 2 atom stereocenters. The predicted molar refractivity (Wildman–Crippen MR) is 111 cm³/mol. The van der Waals surface area contributed by atoms with Crippen molar-refractivity contribution in [1.29, 1.82) is 5.26 Å². The molecule has 2 saturated heterocycles. The van der Waals surface area contributed by atoms with Crippen LogP contribution in [0.3, 0.4) is 0 Å². The standard InChI is InChI=1S/C15H17ClF2N6.C5H9FO/c1-8(14(17)18)23-4-2-9(3-5-23)13-10(6-19)12(16)11-7-21-15(20)22-24(11)13;6-5-2-1-3-7-4-5/h7-9,14H,2-5H2,1H3,(H2,20,22);5H,1-4H2. The first-order valence-electron chi connectivity index (χ1n) is 10.3. The van der Waals surface area contributed by atoms with Crippen LogP contribution >= 0.6 is 11.6 Å². The molecule has 0 amide bonds. The number of alkyl halides is 3. The fraction of sp³-hybridized carbons (Fsp3) is 0.650. The van der Waals surface area contributed by atoms with Crippen molar-refractivity contribution in [3.63, 3.8) is 0 Å². The third kappa shape index (κ3) is 5.40. The second-order valence-electron chi connectivity index (χ2n) is 7.80. The van der Waals surface area contributed by atoms with Gasteiger partial charge in [-0.05, 0) is 45.7 Å². The van der Waals surface area contributed by atoms with Gasteiger partial charge in [-0.1, -0.05) is 11.6 Å². The summed E-state index contributed by atoms with van der Waals surface area (Å²) in [5.74, 6) is 0.0961. The molecule has 2 aromatic heterocycles. The van der Waals surface area contributed by atoms with Crippen LogP contribution < -0.4 is 5.73 Å². The molecule has 31 heavy (non-hydrogen) atoms. The number of ether oxygens (including phenoxy) is 1. The molecule has 0 aromatic carbocycles. The Labute approximate surface area is 183 Å². The SMILES string of the molecule is CC(C(F)F)N1CCC(c2c(C#N)c(Cl)c3cnc(N)nn23)CC1.FC1CCCOC1. The number of likely N-dealkylation sites (tertiary alicyclic amines) is 1. The first-order chi connectivity index (χ1) is 14.8. The van der Waals surface area contributed by atoms with E-state index in [0.717, 1.165) is 13.0 Å². The number of hydrogen-bond acceptors (Lipinski definition) is 6. The summed E-state index contributed by atoms with van der Waals surface area (Å²) in [7, 11) is 0. The van der Waals surface area contributed by atoms with E-state index in [9.17, 15) is 18.4 Å². The number of nitrogens with two attached hydrogens (primary N) is 1. The van der Waals surface area contributed by atoms with Crippen LogP contribution in [0.5, 0.6) is 0 Å². The average molecular weight is 459 g/mol. The molecule has 2 unspecified atom stereocenters. The number of nitrogens with zero attached hydrogens (tertiary/aromatic N) is 5. The van der Waals surface area contributed by atoms with Crippen LogP contribution in [-0.4, -0.2) is 64.4 Å². The Morgan fingerprint density at radius 2 is 2.03 bits per heavy atom. The first-order valence-corrected chi connectivity index (χ1v) is 10.7. The van der Waals surface area contributed by atoms with Crippen molar-refractivity contribution in [2.24, 2.45) is 0 Å². The molecule has 7 nitrogen and oxygen atoms in total. The lowest BCUT2D eigenvalue weighted by molar-refractivity contribution is 0.0224. The minimum atomic E-state index is -2.37. The highest BCUT2D eigenvalue weighted by Gasteiger charge is 2.32. The zero-order valence-corrected chi connectivity index (χ0v) is 18.0. The summed E-state index contributed by atoms with van der Waals surface area (Å²) in [4.78, 5) is 5.69. The van der Waals surface area contributed by atoms with E-state index in [0.29, 0.717) is 60.8 Å². The van der Waals surface area contributed by atoms with E-state index in [-0.39, 0.29) is 11.9 Å². The van der Waals surface area contributed by atoms with E-state index in [2.05, 4.69) is 16.2 Å². The number of nitrogen functional groups attached to an aromatic ring is 1. The number of nitriles is 1. The summed E-state index contributed by atoms with van der Waals surface area (Å²) >= 11 is 6.28. The highest BCUT2D eigenvalue weighted by Crippen LogP contribution is 2.37. The molecule has 2 aliphatic heterocycles. The highest BCUT2D eigenvalue weighted by molar-refractivity contribution is 6.35. The number of halogens is 4. The number of aromatic nitrogens is 3. The Kier molecular flexibility index (Phi) is 7.97. The van der Waals surface area contributed by atoms with Gasteiger partial charge in [0, 0.05) is 12.5 Å². The Morgan fingerprint density at radius 3 is 2.55 bits per heavy atom. The van der Waals surface area contributed by atoms with Crippen LogP contribution in [0.4, 0.5) is 19.1 Å². The van der Waals surface area contributed by atoms with Gasteiger partial charge in [0.1, 0.15) is 17.8 Å². The highest BCUT2D eigenvalue weighted by atomic mass is 35.5. The van der Waals surface area contributed by atoms with Crippen molar-refractivity contribution in [3.05, 3.63) is 22.5 Å². The van der Waals surface area contributed by atoms with Crippen molar-refractivity contribution >= 4 is 23.1 Å². The van der Waals surface area contributed by atoms with Gasteiger partial charge in [0.05, 0.1) is 35.1 Å². The Morgan fingerprint density at radius 1 is 1.32 bits per heavy atom. The molecular weight excluding hydrogens is 433 g/mol. The minimum absolute atomic E-state index is 0.00933. The monoisotopic (exact) mass is 458 g/mol. The van der Waals surface area contributed by atoms with E-state index < -0.39 is 18.6 Å². The number of rotatable bonds is 3. The summed E-state index contributed by atoms with van der Waals surface area (Å²) in [6.07, 6.45) is 1.32. The lowest BCUT2D eigenvalue weighted by atomic mass is 9.91. The second kappa shape index (κ2) is 10.5. The van der Waals surface area contributed by atoms with Crippen LogP contribution in [0.25, 0.3) is 5.52 Å². The maximum atomic E-state index is 12.9. The first kappa shape index (κ1) is 23.6. The quantitative estimate of drug-likeness (QED) is 0.752. The van der Waals surface area contributed by atoms with Gasteiger partial charge in [-0.25, -0.2) is 22.7 Å². The maximum absolute atomic E-state index is 12.9. The molecule has 2 aromatic rings.